The maximum atomic E-state index is 12.8. The van der Waals surface area contributed by atoms with Gasteiger partial charge in [0.25, 0.3) is 4.58 Å². The summed E-state index contributed by atoms with van der Waals surface area (Å²) in [6, 6.07) is 0. The average molecular weight is 269 g/mol. The van der Waals surface area contributed by atoms with Gasteiger partial charge in [-0.1, -0.05) is 0 Å². The molecule has 0 radical (unpaired) electrons. The van der Waals surface area contributed by atoms with Crippen molar-refractivity contribution in [3.8, 4) is 0 Å². The van der Waals surface area contributed by atoms with Crippen LogP contribution in [-0.4, -0.2) is 22.6 Å². The molecule has 2 unspecified atom stereocenters. The summed E-state index contributed by atoms with van der Waals surface area (Å²) in [7, 11) is 0. The van der Waals surface area contributed by atoms with Crippen molar-refractivity contribution in [2.24, 2.45) is 0 Å². The van der Waals surface area contributed by atoms with E-state index < -0.39 is 22.6 Å². The summed E-state index contributed by atoms with van der Waals surface area (Å²) < 4.78 is 71.3. The summed E-state index contributed by atoms with van der Waals surface area (Å²) in [5, 5.41) is 0. The minimum Gasteiger partial charge on any atom is -0.236 e. The predicted molar refractivity (Wildman–Crippen MR) is 36.7 cm³/mol. The summed E-state index contributed by atoms with van der Waals surface area (Å²) in [4.78, 5) is 0. The maximum Gasteiger partial charge on any atom is 0.360 e. The molecule has 0 aromatic rings. The summed E-state index contributed by atoms with van der Waals surface area (Å²) in [5.74, 6) is -10.1. The van der Waals surface area contributed by atoms with Gasteiger partial charge in [0, 0.05) is 0 Å². The van der Waals surface area contributed by atoms with E-state index in [-0.39, 0.29) is 12.2 Å². The Labute approximate surface area is 77.7 Å². The lowest BCUT2D eigenvalue weighted by Gasteiger charge is -2.36. The van der Waals surface area contributed by atoms with Gasteiger partial charge >= 0.3 is 11.8 Å². The Morgan fingerprint density at radius 3 is 1.92 bits per heavy atom. The van der Waals surface area contributed by atoms with E-state index in [1.54, 1.807) is 15.9 Å². The van der Waals surface area contributed by atoms with Crippen LogP contribution in [-0.2, 0) is 0 Å². The van der Waals surface area contributed by atoms with Crippen molar-refractivity contribution in [3.05, 3.63) is 12.2 Å². The fourth-order valence-electron chi connectivity index (χ4n) is 0.826. The third-order valence-electron chi connectivity index (χ3n) is 1.66. The number of hydrogen-bond acceptors (Lipinski definition) is 0. The predicted octanol–water partition coefficient (Wildman–Crippen LogP) is 3.23. The van der Waals surface area contributed by atoms with Crippen molar-refractivity contribution in [1.82, 2.24) is 0 Å². The fourth-order valence-corrected chi connectivity index (χ4v) is 1.24. The molecule has 0 heterocycles. The SMILES string of the molecule is FC1C=CC(F)(Br)C(F)(F)C1(F)F. The highest BCUT2D eigenvalue weighted by Gasteiger charge is 2.73. The van der Waals surface area contributed by atoms with Gasteiger partial charge in [-0.15, -0.1) is 0 Å². The van der Waals surface area contributed by atoms with Gasteiger partial charge < -0.3 is 0 Å². The molecular formula is C6H3BrF6. The zero-order chi connectivity index (χ0) is 10.5. The highest BCUT2D eigenvalue weighted by Crippen LogP contribution is 2.53. The van der Waals surface area contributed by atoms with Gasteiger partial charge in [-0.2, -0.15) is 17.6 Å². The monoisotopic (exact) mass is 268 g/mol. The van der Waals surface area contributed by atoms with Crippen LogP contribution in [0.2, 0.25) is 0 Å². The van der Waals surface area contributed by atoms with Crippen molar-refractivity contribution in [2.75, 3.05) is 0 Å². The average Bonchev–Trinajstić information content (AvgIpc) is 1.97. The second kappa shape index (κ2) is 2.65. The molecule has 0 aliphatic heterocycles. The van der Waals surface area contributed by atoms with Gasteiger partial charge in [-0.05, 0) is 28.1 Å². The summed E-state index contributed by atoms with van der Waals surface area (Å²) in [5.41, 5.74) is 0. The Hall–Kier alpha value is -0.200. The van der Waals surface area contributed by atoms with E-state index in [0.29, 0.717) is 0 Å². The van der Waals surface area contributed by atoms with Crippen LogP contribution in [0.4, 0.5) is 26.3 Å². The Kier molecular flexibility index (Phi) is 2.22. The second-order valence-corrected chi connectivity index (χ2v) is 3.74. The van der Waals surface area contributed by atoms with Crippen LogP contribution in [0.1, 0.15) is 0 Å². The highest BCUT2D eigenvalue weighted by atomic mass is 79.9. The smallest absolute Gasteiger partial charge is 0.236 e. The molecule has 0 spiro atoms. The summed E-state index contributed by atoms with van der Waals surface area (Å²) >= 11 is 1.77. The van der Waals surface area contributed by atoms with Crippen LogP contribution in [0.5, 0.6) is 0 Å². The first-order valence-corrected chi connectivity index (χ1v) is 3.89. The molecule has 0 fully saturated rings. The molecule has 0 aromatic carbocycles. The topological polar surface area (TPSA) is 0 Å². The Morgan fingerprint density at radius 2 is 1.54 bits per heavy atom. The molecule has 0 saturated heterocycles. The Morgan fingerprint density at radius 1 is 1.08 bits per heavy atom. The lowest BCUT2D eigenvalue weighted by Crippen LogP contribution is -2.59. The quantitative estimate of drug-likeness (QED) is 0.360. The first-order valence-electron chi connectivity index (χ1n) is 3.10. The third kappa shape index (κ3) is 1.28. The van der Waals surface area contributed by atoms with Crippen LogP contribution in [0.25, 0.3) is 0 Å². The number of halogens is 7. The van der Waals surface area contributed by atoms with Crippen LogP contribution in [0, 0.1) is 0 Å². The maximum absolute atomic E-state index is 12.8. The Bertz CT molecular complexity index is 246. The van der Waals surface area contributed by atoms with E-state index in [4.69, 9.17) is 0 Å². The van der Waals surface area contributed by atoms with Crippen molar-refractivity contribution < 1.29 is 26.3 Å². The fraction of sp³-hybridized carbons (Fsp3) is 0.667. The van der Waals surface area contributed by atoms with Gasteiger partial charge in [-0.3, -0.25) is 0 Å². The molecule has 13 heavy (non-hydrogen) atoms. The van der Waals surface area contributed by atoms with E-state index in [1.807, 2.05) is 0 Å². The summed E-state index contributed by atoms with van der Waals surface area (Å²) in [6.07, 6.45) is -3.08. The van der Waals surface area contributed by atoms with E-state index in [2.05, 4.69) is 0 Å². The van der Waals surface area contributed by atoms with Gasteiger partial charge in [0.05, 0.1) is 0 Å². The molecule has 0 nitrogen and oxygen atoms in total. The van der Waals surface area contributed by atoms with Crippen LogP contribution >= 0.6 is 15.9 Å². The zero-order valence-electron chi connectivity index (χ0n) is 5.88. The molecule has 1 aliphatic rings. The lowest BCUT2D eigenvalue weighted by atomic mass is 9.96. The Balaban J connectivity index is 3.22. The molecule has 0 saturated carbocycles. The standard InChI is InChI=1S/C6H3BrF6/c7-4(9)2-1-3(8)5(10,11)6(4,12)13/h1-3H. The van der Waals surface area contributed by atoms with Gasteiger partial charge in [0.2, 0.25) is 0 Å². The number of allylic oxidation sites excluding steroid dienone is 2. The normalized spacial score (nSPS) is 41.9. The highest BCUT2D eigenvalue weighted by molar-refractivity contribution is 9.10. The molecule has 0 bridgehead atoms. The minimum atomic E-state index is -5.10. The minimum absolute atomic E-state index is 0.0368. The van der Waals surface area contributed by atoms with Gasteiger partial charge in [0.15, 0.2) is 6.17 Å². The lowest BCUT2D eigenvalue weighted by molar-refractivity contribution is -0.260. The number of alkyl halides is 7. The van der Waals surface area contributed by atoms with Crippen molar-refractivity contribution >= 4 is 15.9 Å². The van der Waals surface area contributed by atoms with E-state index in [0.717, 1.165) is 0 Å². The van der Waals surface area contributed by atoms with Gasteiger partial charge in [0.1, 0.15) is 0 Å². The molecule has 1 aliphatic carbocycles. The van der Waals surface area contributed by atoms with Gasteiger partial charge in [-0.25, -0.2) is 8.78 Å². The first-order chi connectivity index (χ1) is 5.63. The van der Waals surface area contributed by atoms with Crippen molar-refractivity contribution in [1.29, 1.82) is 0 Å². The second-order valence-electron chi connectivity index (χ2n) is 2.58. The third-order valence-corrected chi connectivity index (χ3v) is 2.42. The molecular weight excluding hydrogens is 266 g/mol. The molecule has 1 rings (SSSR count). The van der Waals surface area contributed by atoms with E-state index in [9.17, 15) is 26.3 Å². The molecule has 2 atom stereocenters. The van der Waals surface area contributed by atoms with E-state index in [1.165, 1.54) is 0 Å². The first kappa shape index (κ1) is 10.9. The molecule has 0 amide bonds. The van der Waals surface area contributed by atoms with Crippen LogP contribution < -0.4 is 0 Å². The molecule has 76 valence electrons. The van der Waals surface area contributed by atoms with Crippen LogP contribution in [0.15, 0.2) is 12.2 Å². The molecule has 0 aromatic heterocycles. The van der Waals surface area contributed by atoms with Crippen molar-refractivity contribution in [3.63, 3.8) is 0 Å². The number of rotatable bonds is 0. The number of hydrogen-bond donors (Lipinski definition) is 0. The van der Waals surface area contributed by atoms with Crippen LogP contribution in [0.3, 0.4) is 0 Å². The molecule has 0 N–H and O–H groups in total. The van der Waals surface area contributed by atoms with E-state index >= 15 is 0 Å². The largest absolute Gasteiger partial charge is 0.360 e. The van der Waals surface area contributed by atoms with Crippen molar-refractivity contribution in [2.45, 2.75) is 22.6 Å². The summed E-state index contributed by atoms with van der Waals surface area (Å²) in [6.45, 7) is 0. The molecule has 7 heteroatoms. The zero-order valence-corrected chi connectivity index (χ0v) is 7.46.